The number of hydrogen-bond acceptors (Lipinski definition) is 6. The van der Waals surface area contributed by atoms with Crippen molar-refractivity contribution in [1.29, 1.82) is 0 Å². The van der Waals surface area contributed by atoms with Crippen LogP contribution in [-0.2, 0) is 0 Å². The van der Waals surface area contributed by atoms with Crippen LogP contribution < -0.4 is 9.80 Å². The molecule has 0 saturated carbocycles. The van der Waals surface area contributed by atoms with E-state index in [1.807, 2.05) is 17.2 Å². The molecule has 4 heterocycles. The summed E-state index contributed by atoms with van der Waals surface area (Å²) in [6.07, 6.45) is 5.86. The summed E-state index contributed by atoms with van der Waals surface area (Å²) in [6, 6.07) is 5.42. The highest BCUT2D eigenvalue weighted by Crippen LogP contribution is 2.22. The highest BCUT2D eigenvalue weighted by Gasteiger charge is 2.25. The molecule has 1 unspecified atom stereocenters. The zero-order valence-corrected chi connectivity index (χ0v) is 15.2. The quantitative estimate of drug-likeness (QED) is 0.841. The average Bonchev–Trinajstić information content (AvgIpc) is 3.22. The van der Waals surface area contributed by atoms with Crippen molar-refractivity contribution < 1.29 is 9.21 Å². The van der Waals surface area contributed by atoms with Crippen molar-refractivity contribution in [1.82, 2.24) is 14.9 Å². The first-order valence-corrected chi connectivity index (χ1v) is 9.36. The Hall–Kier alpha value is -2.57. The van der Waals surface area contributed by atoms with Gasteiger partial charge in [0.15, 0.2) is 5.76 Å². The van der Waals surface area contributed by atoms with Gasteiger partial charge in [-0.3, -0.25) is 4.79 Å². The van der Waals surface area contributed by atoms with Crippen molar-refractivity contribution >= 4 is 17.7 Å². The van der Waals surface area contributed by atoms with E-state index in [-0.39, 0.29) is 5.91 Å². The SMILES string of the molecule is CC1CCCN(c2nccc(N3CCN(C(=O)c4ccco4)CC3)n2)C1. The maximum Gasteiger partial charge on any atom is 0.289 e. The minimum Gasteiger partial charge on any atom is -0.459 e. The first kappa shape index (κ1) is 16.9. The normalized spacial score (nSPS) is 21.1. The second-order valence-electron chi connectivity index (χ2n) is 7.16. The van der Waals surface area contributed by atoms with Gasteiger partial charge in [-0.1, -0.05) is 6.92 Å². The van der Waals surface area contributed by atoms with Gasteiger partial charge in [0.1, 0.15) is 5.82 Å². The zero-order valence-electron chi connectivity index (χ0n) is 15.2. The molecule has 2 aromatic heterocycles. The second-order valence-corrected chi connectivity index (χ2v) is 7.16. The van der Waals surface area contributed by atoms with Crippen LogP contribution >= 0.6 is 0 Å². The Morgan fingerprint density at radius 2 is 2.00 bits per heavy atom. The molecule has 2 fully saturated rings. The van der Waals surface area contributed by atoms with E-state index in [0.717, 1.165) is 37.9 Å². The summed E-state index contributed by atoms with van der Waals surface area (Å²) in [5.41, 5.74) is 0. The number of hydrogen-bond donors (Lipinski definition) is 0. The lowest BCUT2D eigenvalue weighted by atomic mass is 10.0. The van der Waals surface area contributed by atoms with E-state index in [0.29, 0.717) is 24.8 Å². The monoisotopic (exact) mass is 355 g/mol. The maximum atomic E-state index is 12.4. The fourth-order valence-corrected chi connectivity index (χ4v) is 3.73. The Morgan fingerprint density at radius 3 is 2.73 bits per heavy atom. The molecule has 138 valence electrons. The summed E-state index contributed by atoms with van der Waals surface area (Å²) in [4.78, 5) is 28.0. The van der Waals surface area contributed by atoms with Crippen LogP contribution in [0.2, 0.25) is 0 Å². The molecule has 2 aromatic rings. The van der Waals surface area contributed by atoms with Gasteiger partial charge in [-0.2, -0.15) is 4.98 Å². The molecule has 0 aromatic carbocycles. The third-order valence-corrected chi connectivity index (χ3v) is 5.19. The predicted octanol–water partition coefficient (Wildman–Crippen LogP) is 2.27. The molecule has 1 atom stereocenters. The summed E-state index contributed by atoms with van der Waals surface area (Å²) >= 11 is 0. The van der Waals surface area contributed by atoms with Crippen molar-refractivity contribution in [3.63, 3.8) is 0 Å². The van der Waals surface area contributed by atoms with Crippen molar-refractivity contribution in [2.45, 2.75) is 19.8 Å². The predicted molar refractivity (Wildman–Crippen MR) is 99.5 cm³/mol. The number of carbonyl (C=O) groups excluding carboxylic acids is 1. The lowest BCUT2D eigenvalue weighted by Gasteiger charge is -2.36. The van der Waals surface area contributed by atoms with Gasteiger partial charge >= 0.3 is 0 Å². The number of furan rings is 1. The Labute approximate surface area is 153 Å². The molecule has 0 N–H and O–H groups in total. The molecular formula is C19H25N5O2. The van der Waals surface area contributed by atoms with E-state index in [2.05, 4.69) is 21.7 Å². The third kappa shape index (κ3) is 3.52. The lowest BCUT2D eigenvalue weighted by Crippen LogP contribution is -2.49. The topological polar surface area (TPSA) is 65.7 Å². The fraction of sp³-hybridized carbons (Fsp3) is 0.526. The number of nitrogens with zero attached hydrogens (tertiary/aromatic N) is 5. The summed E-state index contributed by atoms with van der Waals surface area (Å²) in [5.74, 6) is 2.82. The Kier molecular flexibility index (Phi) is 4.77. The third-order valence-electron chi connectivity index (χ3n) is 5.19. The van der Waals surface area contributed by atoms with Crippen LogP contribution in [0.1, 0.15) is 30.3 Å². The summed E-state index contributed by atoms with van der Waals surface area (Å²) in [7, 11) is 0. The van der Waals surface area contributed by atoms with E-state index in [1.54, 1.807) is 12.1 Å². The van der Waals surface area contributed by atoms with Crippen LogP contribution in [0.25, 0.3) is 0 Å². The van der Waals surface area contributed by atoms with Gasteiger partial charge in [-0.15, -0.1) is 0 Å². The molecular weight excluding hydrogens is 330 g/mol. The van der Waals surface area contributed by atoms with E-state index < -0.39 is 0 Å². The smallest absolute Gasteiger partial charge is 0.289 e. The Balaban J connectivity index is 1.40. The molecule has 2 aliphatic rings. The molecule has 0 aliphatic carbocycles. The average molecular weight is 355 g/mol. The van der Waals surface area contributed by atoms with Gasteiger partial charge in [0.25, 0.3) is 5.91 Å². The van der Waals surface area contributed by atoms with Crippen molar-refractivity contribution in [2.24, 2.45) is 5.92 Å². The molecule has 0 bridgehead atoms. The molecule has 26 heavy (non-hydrogen) atoms. The number of rotatable bonds is 3. The summed E-state index contributed by atoms with van der Waals surface area (Å²) < 4.78 is 5.22. The Morgan fingerprint density at radius 1 is 1.15 bits per heavy atom. The zero-order chi connectivity index (χ0) is 17.9. The molecule has 2 aliphatic heterocycles. The number of piperazine rings is 1. The van der Waals surface area contributed by atoms with E-state index >= 15 is 0 Å². The van der Waals surface area contributed by atoms with Crippen LogP contribution in [-0.4, -0.2) is 60.0 Å². The van der Waals surface area contributed by atoms with Crippen molar-refractivity contribution in [2.75, 3.05) is 49.1 Å². The van der Waals surface area contributed by atoms with Crippen LogP contribution in [0.15, 0.2) is 35.1 Å². The highest BCUT2D eigenvalue weighted by atomic mass is 16.3. The molecule has 1 amide bonds. The van der Waals surface area contributed by atoms with E-state index in [1.165, 1.54) is 19.1 Å². The molecule has 4 rings (SSSR count). The number of carbonyl (C=O) groups is 1. The van der Waals surface area contributed by atoms with Gasteiger partial charge in [0, 0.05) is 45.5 Å². The number of aromatic nitrogens is 2. The van der Waals surface area contributed by atoms with Gasteiger partial charge in [0.2, 0.25) is 5.95 Å². The summed E-state index contributed by atoms with van der Waals surface area (Å²) in [6.45, 7) is 7.19. The minimum atomic E-state index is -0.0414. The standard InChI is InChI=1S/C19H25N5O2/c1-15-4-2-8-24(14-15)19-20-7-6-17(21-19)22-9-11-23(12-10-22)18(25)16-5-3-13-26-16/h3,5-7,13,15H,2,4,8-12,14H2,1H3. The molecule has 2 saturated heterocycles. The first-order chi connectivity index (χ1) is 12.7. The lowest BCUT2D eigenvalue weighted by molar-refractivity contribution is 0.0714. The van der Waals surface area contributed by atoms with Gasteiger partial charge in [-0.25, -0.2) is 4.98 Å². The number of piperidine rings is 1. The van der Waals surface area contributed by atoms with Crippen LogP contribution in [0.3, 0.4) is 0 Å². The molecule has 0 spiro atoms. The molecule has 0 radical (unpaired) electrons. The van der Waals surface area contributed by atoms with Crippen molar-refractivity contribution in [3.05, 3.63) is 36.4 Å². The van der Waals surface area contributed by atoms with Crippen LogP contribution in [0, 0.1) is 5.92 Å². The highest BCUT2D eigenvalue weighted by molar-refractivity contribution is 5.91. The molecule has 7 nitrogen and oxygen atoms in total. The van der Waals surface area contributed by atoms with Crippen LogP contribution in [0.4, 0.5) is 11.8 Å². The molecule has 7 heteroatoms. The van der Waals surface area contributed by atoms with Crippen LogP contribution in [0.5, 0.6) is 0 Å². The number of amides is 1. The van der Waals surface area contributed by atoms with E-state index in [9.17, 15) is 4.79 Å². The maximum absolute atomic E-state index is 12.4. The minimum absolute atomic E-state index is 0.0414. The number of anilines is 2. The largest absolute Gasteiger partial charge is 0.459 e. The second kappa shape index (κ2) is 7.35. The Bertz CT molecular complexity index is 740. The van der Waals surface area contributed by atoms with Gasteiger partial charge < -0.3 is 19.1 Å². The fourth-order valence-electron chi connectivity index (χ4n) is 3.73. The van der Waals surface area contributed by atoms with Gasteiger partial charge in [0.05, 0.1) is 6.26 Å². The summed E-state index contributed by atoms with van der Waals surface area (Å²) in [5, 5.41) is 0. The van der Waals surface area contributed by atoms with E-state index in [4.69, 9.17) is 9.40 Å². The van der Waals surface area contributed by atoms with Gasteiger partial charge in [-0.05, 0) is 37.0 Å². The first-order valence-electron chi connectivity index (χ1n) is 9.36. The van der Waals surface area contributed by atoms with Crippen molar-refractivity contribution in [3.8, 4) is 0 Å².